The fraction of sp³-hybridized carbons (Fsp3) is 0.143. The lowest BCUT2D eigenvalue weighted by molar-refractivity contribution is 0.920. The molecule has 0 radical (unpaired) electrons. The Morgan fingerprint density at radius 2 is 1.82 bits per heavy atom. The van der Waals surface area contributed by atoms with E-state index in [0.29, 0.717) is 0 Å². The Kier molecular flexibility index (Phi) is 2.80. The SMILES string of the molecule is Cc1cc(C)n(-c2ccccc2)c(=O)c1C#N. The van der Waals surface area contributed by atoms with E-state index in [0.717, 1.165) is 16.9 Å². The molecule has 0 aliphatic rings. The minimum absolute atomic E-state index is 0.208. The number of hydrogen-bond acceptors (Lipinski definition) is 2. The molecular formula is C14H12N2O. The van der Waals surface area contributed by atoms with Gasteiger partial charge >= 0.3 is 0 Å². The third kappa shape index (κ3) is 1.85. The van der Waals surface area contributed by atoms with Crippen molar-refractivity contribution in [1.29, 1.82) is 5.26 Å². The molecule has 0 fully saturated rings. The highest BCUT2D eigenvalue weighted by Gasteiger charge is 2.10. The Labute approximate surface area is 99.6 Å². The van der Waals surface area contributed by atoms with Crippen molar-refractivity contribution in [2.24, 2.45) is 0 Å². The summed E-state index contributed by atoms with van der Waals surface area (Å²) in [4.78, 5) is 12.2. The molecule has 1 heterocycles. The van der Waals surface area contributed by atoms with Crippen LogP contribution in [0.5, 0.6) is 0 Å². The smallest absolute Gasteiger partial charge is 0.273 e. The van der Waals surface area contributed by atoms with Gasteiger partial charge < -0.3 is 0 Å². The molecule has 3 heteroatoms. The molecule has 2 rings (SSSR count). The Morgan fingerprint density at radius 1 is 1.18 bits per heavy atom. The number of aryl methyl sites for hydroxylation is 2. The van der Waals surface area contributed by atoms with E-state index in [4.69, 9.17) is 5.26 Å². The van der Waals surface area contributed by atoms with Gasteiger partial charge in [-0.25, -0.2) is 0 Å². The van der Waals surface area contributed by atoms with Crippen LogP contribution >= 0.6 is 0 Å². The maximum absolute atomic E-state index is 12.2. The minimum Gasteiger partial charge on any atom is -0.280 e. The summed E-state index contributed by atoms with van der Waals surface area (Å²) in [5.41, 5.74) is 2.29. The molecule has 17 heavy (non-hydrogen) atoms. The third-order valence-corrected chi connectivity index (χ3v) is 2.72. The van der Waals surface area contributed by atoms with Crippen molar-refractivity contribution in [3.05, 3.63) is 63.6 Å². The van der Waals surface area contributed by atoms with E-state index in [9.17, 15) is 4.79 Å². The van der Waals surface area contributed by atoms with Crippen LogP contribution in [-0.2, 0) is 0 Å². The first-order chi connectivity index (χ1) is 8.15. The maximum Gasteiger partial charge on any atom is 0.273 e. The summed E-state index contributed by atoms with van der Waals surface area (Å²) in [5, 5.41) is 9.00. The van der Waals surface area contributed by atoms with Crippen LogP contribution in [0.3, 0.4) is 0 Å². The van der Waals surface area contributed by atoms with Gasteiger partial charge in [0.05, 0.1) is 0 Å². The summed E-state index contributed by atoms with van der Waals surface area (Å²) >= 11 is 0. The molecule has 0 bridgehead atoms. The molecule has 0 spiro atoms. The average Bonchev–Trinajstić information content (AvgIpc) is 2.30. The zero-order valence-corrected chi connectivity index (χ0v) is 9.77. The van der Waals surface area contributed by atoms with Gasteiger partial charge in [-0.15, -0.1) is 0 Å². The second-order valence-electron chi connectivity index (χ2n) is 3.93. The fourth-order valence-electron chi connectivity index (χ4n) is 1.92. The van der Waals surface area contributed by atoms with Gasteiger partial charge in [0.25, 0.3) is 5.56 Å². The second kappa shape index (κ2) is 4.26. The van der Waals surface area contributed by atoms with Crippen LogP contribution < -0.4 is 5.56 Å². The zero-order chi connectivity index (χ0) is 12.4. The van der Waals surface area contributed by atoms with Crippen molar-refractivity contribution in [2.45, 2.75) is 13.8 Å². The molecule has 0 aliphatic carbocycles. The molecule has 3 nitrogen and oxygen atoms in total. The highest BCUT2D eigenvalue weighted by Crippen LogP contribution is 2.11. The molecule has 1 aromatic heterocycles. The van der Waals surface area contributed by atoms with Crippen LogP contribution in [0.2, 0.25) is 0 Å². The summed E-state index contributed by atoms with van der Waals surface area (Å²) in [6.07, 6.45) is 0. The first kappa shape index (κ1) is 11.2. The molecule has 84 valence electrons. The molecule has 2 aromatic rings. The van der Waals surface area contributed by atoms with Crippen LogP contribution in [-0.4, -0.2) is 4.57 Å². The van der Waals surface area contributed by atoms with Gasteiger partial charge in [0, 0.05) is 11.4 Å². The number of pyridine rings is 1. The normalized spacial score (nSPS) is 9.94. The molecule has 1 aromatic carbocycles. The predicted octanol–water partition coefficient (Wildman–Crippen LogP) is 2.33. The van der Waals surface area contributed by atoms with E-state index < -0.39 is 0 Å². The van der Waals surface area contributed by atoms with Crippen LogP contribution in [0.4, 0.5) is 0 Å². The Hall–Kier alpha value is -2.34. The lowest BCUT2D eigenvalue weighted by Crippen LogP contribution is -2.24. The highest BCUT2D eigenvalue weighted by atomic mass is 16.1. The molecular weight excluding hydrogens is 212 g/mol. The number of nitriles is 1. The maximum atomic E-state index is 12.2. The van der Waals surface area contributed by atoms with E-state index in [-0.39, 0.29) is 11.1 Å². The second-order valence-corrected chi connectivity index (χ2v) is 3.93. The van der Waals surface area contributed by atoms with Crippen molar-refractivity contribution >= 4 is 0 Å². The average molecular weight is 224 g/mol. The summed E-state index contributed by atoms with van der Waals surface area (Å²) in [6.45, 7) is 3.64. The van der Waals surface area contributed by atoms with Crippen molar-refractivity contribution in [1.82, 2.24) is 4.57 Å². The van der Waals surface area contributed by atoms with E-state index in [1.807, 2.05) is 49.4 Å². The van der Waals surface area contributed by atoms with Crippen molar-refractivity contribution in [2.75, 3.05) is 0 Å². The van der Waals surface area contributed by atoms with E-state index in [1.54, 1.807) is 11.5 Å². The standard InChI is InChI=1S/C14H12N2O/c1-10-8-11(2)16(14(17)13(10)9-15)12-6-4-3-5-7-12/h3-8H,1-2H3. The Morgan fingerprint density at radius 3 is 2.41 bits per heavy atom. The first-order valence-corrected chi connectivity index (χ1v) is 5.34. The van der Waals surface area contributed by atoms with E-state index in [1.165, 1.54) is 0 Å². The zero-order valence-electron chi connectivity index (χ0n) is 9.77. The van der Waals surface area contributed by atoms with Gasteiger partial charge in [-0.2, -0.15) is 5.26 Å². The number of aromatic nitrogens is 1. The van der Waals surface area contributed by atoms with Crippen molar-refractivity contribution < 1.29 is 0 Å². The summed E-state index contributed by atoms with van der Waals surface area (Å²) in [6, 6.07) is 13.2. The lowest BCUT2D eigenvalue weighted by Gasteiger charge is -2.11. The van der Waals surface area contributed by atoms with Gasteiger partial charge in [-0.3, -0.25) is 9.36 Å². The lowest BCUT2D eigenvalue weighted by atomic mass is 10.1. The third-order valence-electron chi connectivity index (χ3n) is 2.72. The van der Waals surface area contributed by atoms with Crippen molar-refractivity contribution in [3.8, 4) is 11.8 Å². The molecule has 0 aliphatic heterocycles. The summed E-state index contributed by atoms with van der Waals surface area (Å²) in [5.74, 6) is 0. The number of nitrogens with zero attached hydrogens (tertiary/aromatic N) is 2. The molecule has 0 N–H and O–H groups in total. The van der Waals surface area contributed by atoms with E-state index >= 15 is 0 Å². The minimum atomic E-state index is -0.254. The molecule has 0 unspecified atom stereocenters. The van der Waals surface area contributed by atoms with Crippen LogP contribution in [0.25, 0.3) is 5.69 Å². The number of hydrogen-bond donors (Lipinski definition) is 0. The Balaban J connectivity index is 2.81. The van der Waals surface area contributed by atoms with Gasteiger partial charge in [-0.1, -0.05) is 18.2 Å². The van der Waals surface area contributed by atoms with Gasteiger partial charge in [0.15, 0.2) is 0 Å². The molecule has 0 atom stereocenters. The summed E-state index contributed by atoms with van der Waals surface area (Å²) in [7, 11) is 0. The number of rotatable bonds is 1. The molecule has 0 saturated heterocycles. The first-order valence-electron chi connectivity index (χ1n) is 5.34. The van der Waals surface area contributed by atoms with Gasteiger partial charge in [0.2, 0.25) is 0 Å². The molecule has 0 amide bonds. The number of benzene rings is 1. The predicted molar refractivity (Wildman–Crippen MR) is 66.2 cm³/mol. The van der Waals surface area contributed by atoms with Gasteiger partial charge in [0.1, 0.15) is 11.6 Å². The Bertz CT molecular complexity index is 648. The van der Waals surface area contributed by atoms with Crippen molar-refractivity contribution in [3.63, 3.8) is 0 Å². The van der Waals surface area contributed by atoms with Crippen LogP contribution in [0.1, 0.15) is 16.8 Å². The van der Waals surface area contributed by atoms with Crippen LogP contribution in [0.15, 0.2) is 41.2 Å². The van der Waals surface area contributed by atoms with Gasteiger partial charge in [-0.05, 0) is 37.6 Å². The quantitative estimate of drug-likeness (QED) is 0.746. The number of para-hydroxylation sites is 1. The molecule has 0 saturated carbocycles. The van der Waals surface area contributed by atoms with E-state index in [2.05, 4.69) is 0 Å². The fourth-order valence-corrected chi connectivity index (χ4v) is 1.92. The topological polar surface area (TPSA) is 45.8 Å². The highest BCUT2D eigenvalue weighted by molar-refractivity contribution is 5.42. The van der Waals surface area contributed by atoms with Crippen LogP contribution in [0, 0.1) is 25.2 Å². The monoisotopic (exact) mass is 224 g/mol. The largest absolute Gasteiger partial charge is 0.280 e. The summed E-state index contributed by atoms with van der Waals surface area (Å²) < 4.78 is 1.56.